The van der Waals surface area contributed by atoms with Crippen molar-refractivity contribution in [1.82, 2.24) is 9.88 Å². The van der Waals surface area contributed by atoms with Gasteiger partial charge in [0.15, 0.2) is 0 Å². The molecule has 3 rings (SSSR count). The molecule has 148 valence electrons. The molecule has 0 aliphatic rings. The van der Waals surface area contributed by atoms with Gasteiger partial charge in [-0.2, -0.15) is 13.2 Å². The van der Waals surface area contributed by atoms with Crippen LogP contribution in [0.1, 0.15) is 25.0 Å². The third-order valence-corrected chi connectivity index (χ3v) is 5.46. The van der Waals surface area contributed by atoms with E-state index >= 15 is 0 Å². The number of nitrogens with zero attached hydrogens (tertiary/aromatic N) is 2. The summed E-state index contributed by atoms with van der Waals surface area (Å²) in [5.41, 5.74) is 1.82. The van der Waals surface area contributed by atoms with Crippen LogP contribution in [0.15, 0.2) is 47.8 Å². The van der Waals surface area contributed by atoms with Crippen molar-refractivity contribution in [2.24, 2.45) is 0 Å². The molecule has 28 heavy (non-hydrogen) atoms. The van der Waals surface area contributed by atoms with Crippen LogP contribution in [-0.4, -0.2) is 23.0 Å². The first kappa shape index (κ1) is 20.5. The minimum atomic E-state index is -4.57. The maximum Gasteiger partial charge on any atom is 0.416 e. The van der Waals surface area contributed by atoms with Crippen molar-refractivity contribution in [1.29, 1.82) is 0 Å². The van der Waals surface area contributed by atoms with Gasteiger partial charge in [0.1, 0.15) is 10.8 Å². The van der Waals surface area contributed by atoms with Crippen molar-refractivity contribution >= 4 is 11.3 Å². The fourth-order valence-corrected chi connectivity index (χ4v) is 3.74. The van der Waals surface area contributed by atoms with E-state index in [0.717, 1.165) is 37.3 Å². The molecule has 1 heterocycles. The molecule has 0 amide bonds. The molecular formula is C21H20F4N2S. The van der Waals surface area contributed by atoms with Gasteiger partial charge in [-0.3, -0.25) is 4.90 Å². The lowest BCUT2D eigenvalue weighted by Gasteiger charge is -2.17. The number of aromatic nitrogens is 1. The number of rotatable bonds is 6. The van der Waals surface area contributed by atoms with Crippen molar-refractivity contribution in [3.05, 3.63) is 64.8 Å². The zero-order valence-electron chi connectivity index (χ0n) is 15.6. The summed E-state index contributed by atoms with van der Waals surface area (Å²) in [6.07, 6.45) is -4.57. The van der Waals surface area contributed by atoms with Crippen molar-refractivity contribution in [3.63, 3.8) is 0 Å². The van der Waals surface area contributed by atoms with E-state index in [-0.39, 0.29) is 5.56 Å². The molecule has 0 radical (unpaired) electrons. The zero-order chi connectivity index (χ0) is 20.3. The number of hydrogen-bond acceptors (Lipinski definition) is 3. The highest BCUT2D eigenvalue weighted by Crippen LogP contribution is 2.35. The molecule has 0 saturated heterocycles. The minimum absolute atomic E-state index is 0.0717. The number of hydrogen-bond donors (Lipinski definition) is 0. The molecule has 0 saturated carbocycles. The van der Waals surface area contributed by atoms with E-state index in [0.29, 0.717) is 16.8 Å². The quantitative estimate of drug-likeness (QED) is 0.434. The van der Waals surface area contributed by atoms with Gasteiger partial charge in [0.25, 0.3) is 0 Å². The average molecular weight is 408 g/mol. The van der Waals surface area contributed by atoms with Crippen LogP contribution in [0.5, 0.6) is 0 Å². The fraction of sp³-hybridized carbons (Fsp3) is 0.286. The van der Waals surface area contributed by atoms with Gasteiger partial charge in [0, 0.05) is 23.1 Å². The van der Waals surface area contributed by atoms with E-state index in [1.165, 1.54) is 16.9 Å². The van der Waals surface area contributed by atoms with E-state index in [1.807, 2.05) is 24.3 Å². The molecule has 3 aromatic rings. The molecule has 0 bridgehead atoms. The molecule has 0 aliphatic heterocycles. The van der Waals surface area contributed by atoms with Gasteiger partial charge >= 0.3 is 6.18 Å². The molecule has 7 heteroatoms. The predicted octanol–water partition coefficient (Wildman–Crippen LogP) is 6.48. The molecule has 0 fully saturated rings. The molecule has 2 aromatic carbocycles. The van der Waals surface area contributed by atoms with Crippen molar-refractivity contribution in [3.8, 4) is 21.8 Å². The van der Waals surface area contributed by atoms with Crippen molar-refractivity contribution < 1.29 is 17.6 Å². The molecular weight excluding hydrogens is 388 g/mol. The highest BCUT2D eigenvalue weighted by Gasteiger charge is 2.31. The molecule has 1 aromatic heterocycles. The fourth-order valence-electron chi connectivity index (χ4n) is 2.88. The van der Waals surface area contributed by atoms with Crippen molar-refractivity contribution in [2.45, 2.75) is 26.6 Å². The minimum Gasteiger partial charge on any atom is -0.300 e. The number of benzene rings is 2. The van der Waals surface area contributed by atoms with Crippen LogP contribution in [0.4, 0.5) is 17.6 Å². The second-order valence-electron chi connectivity index (χ2n) is 6.39. The van der Waals surface area contributed by atoms with Crippen LogP contribution in [-0.2, 0) is 12.7 Å². The number of alkyl halides is 3. The van der Waals surface area contributed by atoms with Crippen LogP contribution in [0, 0.1) is 5.82 Å². The van der Waals surface area contributed by atoms with Crippen molar-refractivity contribution in [2.75, 3.05) is 13.1 Å². The smallest absolute Gasteiger partial charge is 0.300 e. The summed E-state index contributed by atoms with van der Waals surface area (Å²) in [6.45, 7) is 7.06. The van der Waals surface area contributed by atoms with E-state index in [1.54, 1.807) is 5.38 Å². The molecule has 0 unspecified atom stereocenters. The lowest BCUT2D eigenvalue weighted by atomic mass is 10.1. The van der Waals surface area contributed by atoms with E-state index in [4.69, 9.17) is 0 Å². The number of thiazole rings is 1. The molecule has 0 spiro atoms. The summed E-state index contributed by atoms with van der Waals surface area (Å²) in [6, 6.07) is 10.5. The van der Waals surface area contributed by atoms with Gasteiger partial charge in [0.2, 0.25) is 0 Å². The standard InChI is InChI=1S/C21H20F4N2S/c1-3-27(4-2)12-14-5-7-15(8-6-14)19-13-28-20(26-19)17-10-9-16(11-18(17)22)21(23,24)25/h5-11,13H,3-4,12H2,1-2H3. The highest BCUT2D eigenvalue weighted by molar-refractivity contribution is 7.13. The monoisotopic (exact) mass is 408 g/mol. The summed E-state index contributed by atoms with van der Waals surface area (Å²) < 4.78 is 52.3. The lowest BCUT2D eigenvalue weighted by molar-refractivity contribution is -0.137. The lowest BCUT2D eigenvalue weighted by Crippen LogP contribution is -2.21. The predicted molar refractivity (Wildman–Crippen MR) is 105 cm³/mol. The van der Waals surface area contributed by atoms with Crippen LogP contribution >= 0.6 is 11.3 Å². The van der Waals surface area contributed by atoms with E-state index < -0.39 is 17.6 Å². The highest BCUT2D eigenvalue weighted by atomic mass is 32.1. The second kappa shape index (κ2) is 8.41. The Hall–Kier alpha value is -2.25. The second-order valence-corrected chi connectivity index (χ2v) is 7.25. The van der Waals surface area contributed by atoms with Crippen LogP contribution < -0.4 is 0 Å². The van der Waals surface area contributed by atoms with Gasteiger partial charge in [-0.1, -0.05) is 38.1 Å². The Balaban J connectivity index is 1.81. The maximum absolute atomic E-state index is 14.2. The van der Waals surface area contributed by atoms with Gasteiger partial charge in [-0.05, 0) is 36.9 Å². The third-order valence-electron chi connectivity index (χ3n) is 4.58. The average Bonchev–Trinajstić information content (AvgIpc) is 3.15. The summed E-state index contributed by atoms with van der Waals surface area (Å²) in [4.78, 5) is 6.72. The molecule has 2 nitrogen and oxygen atoms in total. The topological polar surface area (TPSA) is 16.1 Å². The zero-order valence-corrected chi connectivity index (χ0v) is 16.4. The summed E-state index contributed by atoms with van der Waals surface area (Å²) in [7, 11) is 0. The molecule has 0 N–H and O–H groups in total. The molecule has 0 aliphatic carbocycles. The largest absolute Gasteiger partial charge is 0.416 e. The third kappa shape index (κ3) is 4.59. The normalized spacial score (nSPS) is 12.0. The van der Waals surface area contributed by atoms with Crippen LogP contribution in [0.2, 0.25) is 0 Å². The van der Waals surface area contributed by atoms with Gasteiger partial charge in [-0.25, -0.2) is 9.37 Å². The van der Waals surface area contributed by atoms with Gasteiger partial charge < -0.3 is 0 Å². The molecule has 0 atom stereocenters. The first-order valence-electron chi connectivity index (χ1n) is 8.96. The van der Waals surface area contributed by atoms with Crippen LogP contribution in [0.3, 0.4) is 0 Å². The summed E-state index contributed by atoms with van der Waals surface area (Å²) >= 11 is 1.21. The maximum atomic E-state index is 14.2. The SMILES string of the molecule is CCN(CC)Cc1ccc(-c2csc(-c3ccc(C(F)(F)F)cc3F)n2)cc1. The summed E-state index contributed by atoms with van der Waals surface area (Å²) in [5, 5.41) is 2.14. The van der Waals surface area contributed by atoms with E-state index in [2.05, 4.69) is 23.7 Å². The first-order chi connectivity index (χ1) is 13.3. The Labute approximate surface area is 165 Å². The van der Waals surface area contributed by atoms with E-state index in [9.17, 15) is 17.6 Å². The summed E-state index contributed by atoms with van der Waals surface area (Å²) in [5.74, 6) is -0.926. The Bertz CT molecular complexity index is 928. The van der Waals surface area contributed by atoms with Gasteiger partial charge in [-0.15, -0.1) is 11.3 Å². The first-order valence-corrected chi connectivity index (χ1v) is 9.84. The Morgan fingerprint density at radius 1 is 1.00 bits per heavy atom. The number of halogens is 4. The van der Waals surface area contributed by atoms with Crippen LogP contribution in [0.25, 0.3) is 21.8 Å². The van der Waals surface area contributed by atoms with Gasteiger partial charge in [0.05, 0.1) is 11.3 Å². The Kier molecular flexibility index (Phi) is 6.15. The Morgan fingerprint density at radius 2 is 1.68 bits per heavy atom. The Morgan fingerprint density at radius 3 is 2.25 bits per heavy atom.